The number of benzene rings is 1. The average molecular weight is 481 g/mol. The van der Waals surface area contributed by atoms with Gasteiger partial charge in [-0.2, -0.15) is 0 Å². The van der Waals surface area contributed by atoms with Crippen molar-refractivity contribution in [2.24, 2.45) is 10.7 Å². The van der Waals surface area contributed by atoms with E-state index in [-0.39, 0.29) is 29.8 Å². The SMILES string of the molecule is I.NC(=NCc1nnc2ccccn12)N1CCN(c2ccc(F)cc2)CC1. The number of fused-ring (bicyclic) bond motifs is 1. The van der Waals surface area contributed by atoms with Crippen molar-refractivity contribution in [3.63, 3.8) is 0 Å². The Morgan fingerprint density at radius 2 is 1.78 bits per heavy atom. The van der Waals surface area contributed by atoms with E-state index in [2.05, 4.69) is 25.0 Å². The summed E-state index contributed by atoms with van der Waals surface area (Å²) in [4.78, 5) is 8.76. The second-order valence-corrected chi connectivity index (χ2v) is 6.17. The van der Waals surface area contributed by atoms with Crippen LogP contribution in [0.3, 0.4) is 0 Å². The van der Waals surface area contributed by atoms with Crippen LogP contribution in [0.15, 0.2) is 53.7 Å². The van der Waals surface area contributed by atoms with Crippen LogP contribution in [-0.4, -0.2) is 51.6 Å². The van der Waals surface area contributed by atoms with E-state index < -0.39 is 0 Å². The molecule has 1 saturated heterocycles. The van der Waals surface area contributed by atoms with Gasteiger partial charge in [0.1, 0.15) is 12.4 Å². The minimum absolute atomic E-state index is 0. The third kappa shape index (κ3) is 4.29. The molecule has 0 bridgehead atoms. The summed E-state index contributed by atoms with van der Waals surface area (Å²) in [6, 6.07) is 12.3. The average Bonchev–Trinajstić information content (AvgIpc) is 3.10. The van der Waals surface area contributed by atoms with Crippen molar-refractivity contribution in [1.29, 1.82) is 0 Å². The van der Waals surface area contributed by atoms with Crippen molar-refractivity contribution in [3.05, 3.63) is 60.3 Å². The van der Waals surface area contributed by atoms with Crippen LogP contribution >= 0.6 is 24.0 Å². The molecular formula is C18H21FIN7. The number of nitrogens with zero attached hydrogens (tertiary/aromatic N) is 6. The predicted molar refractivity (Wildman–Crippen MR) is 114 cm³/mol. The molecule has 3 aromatic rings. The molecule has 1 fully saturated rings. The first-order chi connectivity index (χ1) is 12.7. The maximum Gasteiger partial charge on any atom is 0.191 e. The van der Waals surface area contributed by atoms with E-state index in [1.165, 1.54) is 12.1 Å². The molecule has 0 radical (unpaired) electrons. The first-order valence-electron chi connectivity index (χ1n) is 8.55. The van der Waals surface area contributed by atoms with Gasteiger partial charge in [-0.05, 0) is 36.4 Å². The van der Waals surface area contributed by atoms with Gasteiger partial charge in [-0.15, -0.1) is 34.2 Å². The molecule has 1 aliphatic rings. The zero-order chi connectivity index (χ0) is 17.9. The fraction of sp³-hybridized carbons (Fsp3) is 0.278. The molecule has 9 heteroatoms. The van der Waals surface area contributed by atoms with Crippen LogP contribution < -0.4 is 10.6 Å². The molecule has 142 valence electrons. The lowest BCUT2D eigenvalue weighted by Crippen LogP contribution is -2.51. The Morgan fingerprint density at radius 3 is 2.52 bits per heavy atom. The molecule has 0 atom stereocenters. The van der Waals surface area contributed by atoms with Crippen LogP contribution in [0.1, 0.15) is 5.82 Å². The van der Waals surface area contributed by atoms with E-state index in [1.54, 1.807) is 12.1 Å². The molecule has 1 aromatic carbocycles. The van der Waals surface area contributed by atoms with Crippen molar-refractivity contribution in [3.8, 4) is 0 Å². The van der Waals surface area contributed by atoms with Crippen LogP contribution in [-0.2, 0) is 6.54 Å². The number of guanidine groups is 1. The molecule has 7 nitrogen and oxygen atoms in total. The number of hydrogen-bond acceptors (Lipinski definition) is 4. The van der Waals surface area contributed by atoms with Crippen molar-refractivity contribution in [2.75, 3.05) is 31.1 Å². The highest BCUT2D eigenvalue weighted by atomic mass is 127. The highest BCUT2D eigenvalue weighted by Gasteiger charge is 2.18. The molecular weight excluding hydrogens is 460 g/mol. The molecule has 2 aromatic heterocycles. The zero-order valence-electron chi connectivity index (χ0n) is 14.7. The number of aromatic nitrogens is 3. The van der Waals surface area contributed by atoms with Gasteiger partial charge < -0.3 is 15.5 Å². The van der Waals surface area contributed by atoms with Gasteiger partial charge >= 0.3 is 0 Å². The lowest BCUT2D eigenvalue weighted by molar-refractivity contribution is 0.380. The van der Waals surface area contributed by atoms with E-state index in [0.29, 0.717) is 12.5 Å². The molecule has 0 spiro atoms. The van der Waals surface area contributed by atoms with Crippen molar-refractivity contribution in [1.82, 2.24) is 19.5 Å². The highest BCUT2D eigenvalue weighted by Crippen LogP contribution is 2.16. The number of pyridine rings is 1. The Hall–Kier alpha value is -2.43. The predicted octanol–water partition coefficient (Wildman–Crippen LogP) is 2.12. The van der Waals surface area contributed by atoms with Gasteiger partial charge in [0.05, 0.1) is 0 Å². The summed E-state index contributed by atoms with van der Waals surface area (Å²) in [6.45, 7) is 3.56. The maximum absolute atomic E-state index is 13.1. The Balaban J connectivity index is 0.00000210. The molecule has 0 unspecified atom stereocenters. The largest absolute Gasteiger partial charge is 0.370 e. The van der Waals surface area contributed by atoms with Crippen LogP contribution in [0.5, 0.6) is 0 Å². The standard InChI is InChI=1S/C18H20FN7.HI/c19-14-4-6-15(7-5-14)24-9-11-25(12-10-24)18(20)21-13-17-23-22-16-3-1-2-8-26(16)17;/h1-8H,9-13H2,(H2,20,21);1H. The number of aliphatic imine (C=N–C) groups is 1. The van der Waals surface area contributed by atoms with Crippen molar-refractivity contribution >= 4 is 41.3 Å². The fourth-order valence-electron chi connectivity index (χ4n) is 3.10. The first-order valence-corrected chi connectivity index (χ1v) is 8.55. The second-order valence-electron chi connectivity index (χ2n) is 6.17. The minimum Gasteiger partial charge on any atom is -0.370 e. The van der Waals surface area contributed by atoms with E-state index in [9.17, 15) is 4.39 Å². The summed E-state index contributed by atoms with van der Waals surface area (Å²) in [5.41, 5.74) is 7.98. The highest BCUT2D eigenvalue weighted by molar-refractivity contribution is 14.0. The van der Waals surface area contributed by atoms with Crippen LogP contribution in [0.4, 0.5) is 10.1 Å². The smallest absolute Gasteiger partial charge is 0.191 e. The van der Waals surface area contributed by atoms with Gasteiger partial charge in [-0.25, -0.2) is 9.38 Å². The summed E-state index contributed by atoms with van der Waals surface area (Å²) < 4.78 is 15.0. The summed E-state index contributed by atoms with van der Waals surface area (Å²) in [6.07, 6.45) is 1.91. The Bertz CT molecular complexity index is 917. The number of hydrogen-bond donors (Lipinski definition) is 1. The topological polar surface area (TPSA) is 75.0 Å². The maximum atomic E-state index is 13.1. The van der Waals surface area contributed by atoms with Gasteiger partial charge in [0.25, 0.3) is 0 Å². The van der Waals surface area contributed by atoms with Gasteiger partial charge in [-0.1, -0.05) is 6.07 Å². The van der Waals surface area contributed by atoms with Gasteiger partial charge in [0.15, 0.2) is 17.4 Å². The third-order valence-corrected chi connectivity index (χ3v) is 4.56. The molecule has 27 heavy (non-hydrogen) atoms. The molecule has 0 saturated carbocycles. The van der Waals surface area contributed by atoms with E-state index >= 15 is 0 Å². The lowest BCUT2D eigenvalue weighted by atomic mass is 10.2. The summed E-state index contributed by atoms with van der Waals surface area (Å²) >= 11 is 0. The summed E-state index contributed by atoms with van der Waals surface area (Å²) in [5.74, 6) is 1.05. The monoisotopic (exact) mass is 481 g/mol. The molecule has 1 aliphatic heterocycles. The van der Waals surface area contributed by atoms with Crippen LogP contribution in [0.2, 0.25) is 0 Å². The number of anilines is 1. The Labute approximate surface area is 173 Å². The Morgan fingerprint density at radius 1 is 1.04 bits per heavy atom. The molecule has 0 aliphatic carbocycles. The Kier molecular flexibility index (Phi) is 6.09. The number of nitrogens with two attached hydrogens (primary N) is 1. The van der Waals surface area contributed by atoms with Gasteiger partial charge in [0, 0.05) is 38.1 Å². The van der Waals surface area contributed by atoms with E-state index in [4.69, 9.17) is 5.73 Å². The normalized spacial score (nSPS) is 15.1. The number of rotatable bonds is 3. The van der Waals surface area contributed by atoms with Crippen LogP contribution in [0.25, 0.3) is 5.65 Å². The van der Waals surface area contributed by atoms with E-state index in [0.717, 1.165) is 43.3 Å². The number of piperazine rings is 1. The quantitative estimate of drug-likeness (QED) is 0.353. The minimum atomic E-state index is -0.218. The van der Waals surface area contributed by atoms with Crippen LogP contribution in [0, 0.1) is 5.82 Å². The molecule has 0 amide bonds. The fourth-order valence-corrected chi connectivity index (χ4v) is 3.10. The summed E-state index contributed by atoms with van der Waals surface area (Å²) in [7, 11) is 0. The molecule has 4 rings (SSSR count). The lowest BCUT2D eigenvalue weighted by Gasteiger charge is -2.36. The van der Waals surface area contributed by atoms with Gasteiger partial charge in [0.2, 0.25) is 0 Å². The zero-order valence-corrected chi connectivity index (χ0v) is 17.0. The van der Waals surface area contributed by atoms with E-state index in [1.807, 2.05) is 28.8 Å². The summed E-state index contributed by atoms with van der Waals surface area (Å²) in [5, 5.41) is 8.28. The first kappa shape index (κ1) is 19.3. The number of halogens is 2. The molecule has 3 heterocycles. The molecule has 2 N–H and O–H groups in total. The van der Waals surface area contributed by atoms with Gasteiger partial charge in [-0.3, -0.25) is 4.40 Å². The second kappa shape index (κ2) is 8.51. The van der Waals surface area contributed by atoms with Crippen molar-refractivity contribution < 1.29 is 4.39 Å². The van der Waals surface area contributed by atoms with Crippen molar-refractivity contribution in [2.45, 2.75) is 6.54 Å². The third-order valence-electron chi connectivity index (χ3n) is 4.56.